The Balaban J connectivity index is 2.47. The molecule has 6 nitrogen and oxygen atoms in total. The fraction of sp³-hybridized carbons (Fsp3) is 0.385. The third-order valence-corrected chi connectivity index (χ3v) is 3.02. The van der Waals surface area contributed by atoms with E-state index >= 15 is 0 Å². The van der Waals surface area contributed by atoms with Gasteiger partial charge < -0.3 is 5.11 Å². The van der Waals surface area contributed by atoms with E-state index in [4.69, 9.17) is 0 Å². The highest BCUT2D eigenvalue weighted by Crippen LogP contribution is 2.24. The molecule has 0 spiro atoms. The van der Waals surface area contributed by atoms with Gasteiger partial charge >= 0.3 is 5.97 Å². The SMILES string of the molecule is CCCC(C(=O)O)n1nnnc1-c1ccccc1C. The number of tetrazole rings is 1. The number of carbonyl (C=O) groups is 1. The first-order valence-corrected chi connectivity index (χ1v) is 6.21. The zero-order valence-corrected chi connectivity index (χ0v) is 10.9. The van der Waals surface area contributed by atoms with Crippen molar-refractivity contribution in [3.8, 4) is 11.4 Å². The van der Waals surface area contributed by atoms with Crippen LogP contribution < -0.4 is 0 Å². The fourth-order valence-corrected chi connectivity index (χ4v) is 2.03. The Labute approximate surface area is 111 Å². The molecule has 0 fully saturated rings. The first-order chi connectivity index (χ1) is 9.15. The van der Waals surface area contributed by atoms with Crippen LogP contribution in [0.25, 0.3) is 11.4 Å². The second-order valence-electron chi connectivity index (χ2n) is 4.40. The van der Waals surface area contributed by atoms with Crippen molar-refractivity contribution in [2.45, 2.75) is 32.7 Å². The molecule has 0 bridgehead atoms. The molecule has 1 atom stereocenters. The highest BCUT2D eigenvalue weighted by atomic mass is 16.4. The molecule has 0 amide bonds. The van der Waals surface area contributed by atoms with Gasteiger partial charge in [-0.3, -0.25) is 0 Å². The molecule has 1 unspecified atom stereocenters. The lowest BCUT2D eigenvalue weighted by atomic mass is 10.1. The first-order valence-electron chi connectivity index (χ1n) is 6.21. The van der Waals surface area contributed by atoms with E-state index in [-0.39, 0.29) is 0 Å². The van der Waals surface area contributed by atoms with E-state index in [2.05, 4.69) is 15.5 Å². The van der Waals surface area contributed by atoms with Crippen LogP contribution in [0.15, 0.2) is 24.3 Å². The third-order valence-electron chi connectivity index (χ3n) is 3.02. The van der Waals surface area contributed by atoms with Gasteiger partial charge in [0.05, 0.1) is 0 Å². The molecule has 0 aliphatic rings. The fourth-order valence-electron chi connectivity index (χ4n) is 2.03. The Bertz CT molecular complexity index is 580. The number of hydrogen-bond acceptors (Lipinski definition) is 4. The number of nitrogens with zero attached hydrogens (tertiary/aromatic N) is 4. The van der Waals surface area contributed by atoms with Gasteiger partial charge in [-0.15, -0.1) is 5.10 Å². The highest BCUT2D eigenvalue weighted by molar-refractivity contribution is 5.73. The summed E-state index contributed by atoms with van der Waals surface area (Å²) in [6.07, 6.45) is 1.25. The minimum atomic E-state index is -0.913. The second kappa shape index (κ2) is 5.60. The van der Waals surface area contributed by atoms with Gasteiger partial charge in [0.25, 0.3) is 0 Å². The maximum atomic E-state index is 11.3. The Morgan fingerprint density at radius 2 is 2.16 bits per heavy atom. The monoisotopic (exact) mass is 260 g/mol. The molecule has 0 aliphatic carbocycles. The van der Waals surface area contributed by atoms with Gasteiger partial charge in [0.1, 0.15) is 0 Å². The number of hydrogen-bond donors (Lipinski definition) is 1. The largest absolute Gasteiger partial charge is 0.480 e. The van der Waals surface area contributed by atoms with Gasteiger partial charge in [0.2, 0.25) is 0 Å². The standard InChI is InChI=1S/C13H16N4O2/c1-3-6-11(13(18)19)17-12(14-15-16-17)10-8-5-4-7-9(10)2/h4-5,7-8,11H,3,6H2,1-2H3,(H,18,19). The molecule has 19 heavy (non-hydrogen) atoms. The van der Waals surface area contributed by atoms with Gasteiger partial charge in [-0.25, -0.2) is 9.48 Å². The number of carboxylic acid groups (broad SMARTS) is 1. The summed E-state index contributed by atoms with van der Waals surface area (Å²) in [6, 6.07) is 6.92. The van der Waals surface area contributed by atoms with E-state index < -0.39 is 12.0 Å². The molecule has 1 aromatic carbocycles. The minimum absolute atomic E-state index is 0.499. The van der Waals surface area contributed by atoms with Gasteiger partial charge in [-0.1, -0.05) is 37.6 Å². The van der Waals surface area contributed by atoms with Crippen LogP contribution in [0.5, 0.6) is 0 Å². The lowest BCUT2D eigenvalue weighted by molar-refractivity contribution is -0.141. The predicted octanol–water partition coefficient (Wildman–Crippen LogP) is 2.07. The van der Waals surface area contributed by atoms with Crippen LogP contribution in [0.1, 0.15) is 31.4 Å². The van der Waals surface area contributed by atoms with Crippen molar-refractivity contribution in [2.24, 2.45) is 0 Å². The van der Waals surface area contributed by atoms with Crippen molar-refractivity contribution >= 4 is 5.97 Å². The van der Waals surface area contributed by atoms with Crippen LogP contribution in [0, 0.1) is 6.92 Å². The van der Waals surface area contributed by atoms with E-state index in [1.165, 1.54) is 4.68 Å². The molecule has 0 saturated carbocycles. The van der Waals surface area contributed by atoms with Crippen molar-refractivity contribution in [1.82, 2.24) is 20.2 Å². The highest BCUT2D eigenvalue weighted by Gasteiger charge is 2.24. The molecular formula is C13H16N4O2. The Morgan fingerprint density at radius 1 is 1.42 bits per heavy atom. The molecule has 0 aliphatic heterocycles. The Morgan fingerprint density at radius 3 is 2.79 bits per heavy atom. The first kappa shape index (κ1) is 13.2. The molecule has 1 heterocycles. The molecule has 2 rings (SSSR count). The number of aryl methyl sites for hydroxylation is 1. The number of aromatic nitrogens is 4. The molecule has 0 saturated heterocycles. The maximum Gasteiger partial charge on any atom is 0.328 e. The van der Waals surface area contributed by atoms with Gasteiger partial charge in [-0.05, 0) is 29.3 Å². The van der Waals surface area contributed by atoms with Crippen LogP contribution in [-0.4, -0.2) is 31.3 Å². The summed E-state index contributed by atoms with van der Waals surface area (Å²) in [5.74, 6) is -0.414. The normalized spacial score (nSPS) is 12.3. The number of rotatable bonds is 5. The van der Waals surface area contributed by atoms with Gasteiger partial charge in [0.15, 0.2) is 11.9 Å². The zero-order valence-electron chi connectivity index (χ0n) is 10.9. The van der Waals surface area contributed by atoms with Gasteiger partial charge in [0, 0.05) is 5.56 Å². The van der Waals surface area contributed by atoms with Crippen molar-refractivity contribution in [3.63, 3.8) is 0 Å². The van der Waals surface area contributed by atoms with Gasteiger partial charge in [-0.2, -0.15) is 0 Å². The van der Waals surface area contributed by atoms with Crippen LogP contribution >= 0.6 is 0 Å². The molecule has 2 aromatic rings. The van der Waals surface area contributed by atoms with Crippen LogP contribution in [-0.2, 0) is 4.79 Å². The quantitative estimate of drug-likeness (QED) is 0.890. The molecule has 1 aromatic heterocycles. The number of carboxylic acids is 1. The number of aliphatic carboxylic acids is 1. The summed E-state index contributed by atoms with van der Waals surface area (Å²) < 4.78 is 1.40. The van der Waals surface area contributed by atoms with Crippen LogP contribution in [0.3, 0.4) is 0 Å². The molecular weight excluding hydrogens is 244 g/mol. The molecule has 100 valence electrons. The Kier molecular flexibility index (Phi) is 3.89. The summed E-state index contributed by atoms with van der Waals surface area (Å²) in [6.45, 7) is 3.89. The van der Waals surface area contributed by atoms with E-state index in [0.29, 0.717) is 12.2 Å². The third kappa shape index (κ3) is 2.62. The van der Waals surface area contributed by atoms with E-state index in [1.54, 1.807) is 0 Å². The smallest absolute Gasteiger partial charge is 0.328 e. The van der Waals surface area contributed by atoms with E-state index in [9.17, 15) is 9.90 Å². The maximum absolute atomic E-state index is 11.3. The molecule has 6 heteroatoms. The summed E-state index contributed by atoms with van der Waals surface area (Å²) in [7, 11) is 0. The van der Waals surface area contributed by atoms with Crippen molar-refractivity contribution in [1.29, 1.82) is 0 Å². The summed E-state index contributed by atoms with van der Waals surface area (Å²) >= 11 is 0. The van der Waals surface area contributed by atoms with Crippen LogP contribution in [0.4, 0.5) is 0 Å². The van der Waals surface area contributed by atoms with Crippen molar-refractivity contribution < 1.29 is 9.90 Å². The zero-order chi connectivity index (χ0) is 13.8. The predicted molar refractivity (Wildman–Crippen MR) is 69.6 cm³/mol. The van der Waals surface area contributed by atoms with Crippen LogP contribution in [0.2, 0.25) is 0 Å². The second-order valence-corrected chi connectivity index (χ2v) is 4.40. The lowest BCUT2D eigenvalue weighted by Gasteiger charge is -2.13. The average molecular weight is 260 g/mol. The summed E-state index contributed by atoms with van der Waals surface area (Å²) in [5.41, 5.74) is 1.87. The Hall–Kier alpha value is -2.24. The van der Waals surface area contributed by atoms with E-state index in [0.717, 1.165) is 17.5 Å². The van der Waals surface area contributed by atoms with Crippen molar-refractivity contribution in [3.05, 3.63) is 29.8 Å². The average Bonchev–Trinajstić information content (AvgIpc) is 2.84. The summed E-state index contributed by atoms with van der Waals surface area (Å²) in [4.78, 5) is 11.3. The number of benzene rings is 1. The minimum Gasteiger partial charge on any atom is -0.480 e. The van der Waals surface area contributed by atoms with E-state index in [1.807, 2.05) is 38.1 Å². The lowest BCUT2D eigenvalue weighted by Crippen LogP contribution is -2.21. The van der Waals surface area contributed by atoms with Crippen molar-refractivity contribution in [2.75, 3.05) is 0 Å². The molecule has 1 N–H and O–H groups in total. The molecule has 0 radical (unpaired) electrons. The topological polar surface area (TPSA) is 80.9 Å². The summed E-state index contributed by atoms with van der Waals surface area (Å²) in [5, 5.41) is 20.7.